The third kappa shape index (κ3) is 8.14. The maximum atomic E-state index is 7.03. The van der Waals surface area contributed by atoms with Gasteiger partial charge in [0.25, 0.3) is 13.0 Å². The van der Waals surface area contributed by atoms with E-state index in [1.165, 1.54) is 5.56 Å². The predicted molar refractivity (Wildman–Crippen MR) is 316 cm³/mol. The second-order valence-electron chi connectivity index (χ2n) is 22.6. The number of benzene rings is 9. The van der Waals surface area contributed by atoms with Gasteiger partial charge in [0.05, 0.1) is 22.4 Å². The van der Waals surface area contributed by atoms with E-state index in [1.807, 2.05) is 18.3 Å². The van der Waals surface area contributed by atoms with Gasteiger partial charge in [0.15, 0.2) is 0 Å². The molecule has 0 fully saturated rings. The Morgan fingerprint density at radius 1 is 0.500 bits per heavy atom. The first-order chi connectivity index (χ1) is 37.9. The molecule has 0 spiro atoms. The highest BCUT2D eigenvalue weighted by Gasteiger charge is 2.40. The van der Waals surface area contributed by atoms with Gasteiger partial charge >= 0.3 is 0 Å². The van der Waals surface area contributed by atoms with Crippen LogP contribution in [0.2, 0.25) is 0 Å². The SMILES string of the molecule is CC(C)(C)c1cc(Oc2ccc3c4cc(-c5cc6c7c(c5)Oc5ccccc5B7c5ccccc5O6)ccc4n(-c4cc(C(C)(C)C)ccn4)c3c2)cc(-n2[c-][n+](-c3c(-c4ccccc4)cccc3-c3ccccc3)cc2)c1. The van der Waals surface area contributed by atoms with Crippen LogP contribution in [0.5, 0.6) is 34.5 Å². The van der Waals surface area contributed by atoms with E-state index in [0.29, 0.717) is 5.75 Å². The van der Waals surface area contributed by atoms with E-state index in [4.69, 9.17) is 19.2 Å². The minimum atomic E-state index is -0.180. The molecule has 0 aliphatic carbocycles. The number of aromatic nitrogens is 4. The highest BCUT2D eigenvalue weighted by Crippen LogP contribution is 2.43. The van der Waals surface area contributed by atoms with Gasteiger partial charge in [-0.25, -0.2) is 4.98 Å². The maximum absolute atomic E-state index is 7.03. The van der Waals surface area contributed by atoms with Crippen molar-refractivity contribution in [3.8, 4) is 85.1 Å². The number of nitrogens with zero attached hydrogens (tertiary/aromatic N) is 4. The van der Waals surface area contributed by atoms with Crippen LogP contribution in [0.3, 0.4) is 0 Å². The lowest BCUT2D eigenvalue weighted by Gasteiger charge is -2.33. The van der Waals surface area contributed by atoms with Gasteiger partial charge in [-0.15, -0.1) is 0 Å². The Hall–Kier alpha value is -9.40. The molecular weight excluding hydrogens is 956 g/mol. The summed E-state index contributed by atoms with van der Waals surface area (Å²) in [6.45, 7) is 13.5. The molecule has 2 aliphatic rings. The fourth-order valence-electron chi connectivity index (χ4n) is 11.5. The van der Waals surface area contributed by atoms with Gasteiger partial charge in [0.1, 0.15) is 40.3 Å². The molecule has 7 nitrogen and oxygen atoms in total. The second-order valence-corrected chi connectivity index (χ2v) is 22.6. The predicted octanol–water partition coefficient (Wildman–Crippen LogP) is 15.2. The molecule has 0 amide bonds. The molecule has 12 aromatic rings. The Morgan fingerprint density at radius 2 is 1.14 bits per heavy atom. The summed E-state index contributed by atoms with van der Waals surface area (Å²) in [6, 6.07) is 72.7. The summed E-state index contributed by atoms with van der Waals surface area (Å²) in [7, 11) is 0. The van der Waals surface area contributed by atoms with Crippen LogP contribution in [-0.4, -0.2) is 20.8 Å². The fraction of sp³-hybridized carbons (Fsp3) is 0.114. The maximum Gasteiger partial charge on any atom is 0.268 e. The quantitative estimate of drug-likeness (QED) is 0.0865. The van der Waals surface area contributed by atoms with Crippen molar-refractivity contribution in [1.82, 2.24) is 14.1 Å². The minimum Gasteiger partial charge on any atom is -0.458 e. The summed E-state index contributed by atoms with van der Waals surface area (Å²) < 4.78 is 27.0. The molecule has 9 aromatic carbocycles. The topological polar surface area (TPSA) is 54.3 Å². The normalized spacial score (nSPS) is 12.7. The van der Waals surface area contributed by atoms with E-state index in [9.17, 15) is 0 Å². The van der Waals surface area contributed by atoms with Gasteiger partial charge < -0.3 is 14.2 Å². The molecule has 0 saturated carbocycles. The summed E-state index contributed by atoms with van der Waals surface area (Å²) >= 11 is 0. The van der Waals surface area contributed by atoms with Crippen molar-refractivity contribution in [2.75, 3.05) is 0 Å². The van der Waals surface area contributed by atoms with Crippen LogP contribution in [0.4, 0.5) is 0 Å². The highest BCUT2D eigenvalue weighted by molar-refractivity contribution is 6.98. The van der Waals surface area contributed by atoms with Gasteiger partial charge in [0, 0.05) is 40.9 Å². The van der Waals surface area contributed by atoms with Crippen molar-refractivity contribution in [2.24, 2.45) is 0 Å². The van der Waals surface area contributed by atoms with Crippen molar-refractivity contribution < 1.29 is 18.8 Å². The smallest absolute Gasteiger partial charge is 0.268 e. The van der Waals surface area contributed by atoms with Crippen molar-refractivity contribution in [1.29, 1.82) is 0 Å². The molecule has 0 N–H and O–H groups in total. The zero-order chi connectivity index (χ0) is 52.9. The molecule has 5 heterocycles. The molecule has 0 atom stereocenters. The molecule has 8 heteroatoms. The Bertz CT molecular complexity index is 4210. The Balaban J connectivity index is 0.877. The van der Waals surface area contributed by atoms with Crippen LogP contribution < -0.4 is 35.2 Å². The summed E-state index contributed by atoms with van der Waals surface area (Å²) in [5.74, 6) is 5.64. The molecule has 0 saturated heterocycles. The monoisotopic (exact) mass is 1010 g/mol. The van der Waals surface area contributed by atoms with Gasteiger partial charge in [-0.3, -0.25) is 13.7 Å². The van der Waals surface area contributed by atoms with E-state index in [2.05, 4.69) is 268 Å². The van der Waals surface area contributed by atoms with Gasteiger partial charge in [-0.1, -0.05) is 163 Å². The van der Waals surface area contributed by atoms with Gasteiger partial charge in [-0.05, 0) is 145 Å². The Labute approximate surface area is 455 Å². The minimum absolute atomic E-state index is 0.0100. The average Bonchev–Trinajstić information content (AvgIpc) is 4.24. The lowest BCUT2D eigenvalue weighted by molar-refractivity contribution is -0.598. The van der Waals surface area contributed by atoms with E-state index < -0.39 is 0 Å². The molecule has 0 unspecified atom stereocenters. The first-order valence-corrected chi connectivity index (χ1v) is 26.8. The van der Waals surface area contributed by atoms with Gasteiger partial charge in [0.2, 0.25) is 0 Å². The van der Waals surface area contributed by atoms with Crippen LogP contribution in [-0.2, 0) is 10.8 Å². The molecule has 3 aromatic heterocycles. The van der Waals surface area contributed by atoms with Crippen LogP contribution in [0.25, 0.3) is 72.4 Å². The van der Waals surface area contributed by atoms with Crippen LogP contribution in [0.1, 0.15) is 52.7 Å². The second kappa shape index (κ2) is 18.1. The molecule has 0 bridgehead atoms. The zero-order valence-corrected chi connectivity index (χ0v) is 44.5. The van der Waals surface area contributed by atoms with Crippen LogP contribution in [0.15, 0.2) is 225 Å². The first-order valence-electron chi connectivity index (χ1n) is 26.8. The number of pyridine rings is 1. The van der Waals surface area contributed by atoms with Crippen LogP contribution in [0, 0.1) is 6.33 Å². The van der Waals surface area contributed by atoms with E-state index in [1.54, 1.807) is 0 Å². The highest BCUT2D eigenvalue weighted by atomic mass is 16.5. The van der Waals surface area contributed by atoms with Gasteiger partial charge in [-0.2, -0.15) is 0 Å². The lowest BCUT2D eigenvalue weighted by Crippen LogP contribution is -2.57. The zero-order valence-electron chi connectivity index (χ0n) is 44.5. The number of ether oxygens (including phenoxy) is 3. The first kappa shape index (κ1) is 47.1. The Morgan fingerprint density at radius 3 is 1.79 bits per heavy atom. The van der Waals surface area contributed by atoms with Crippen LogP contribution >= 0.6 is 0 Å². The van der Waals surface area contributed by atoms with Crippen molar-refractivity contribution in [2.45, 2.75) is 52.4 Å². The lowest BCUT2D eigenvalue weighted by atomic mass is 9.35. The molecule has 78 heavy (non-hydrogen) atoms. The summed E-state index contributed by atoms with van der Waals surface area (Å²) in [4.78, 5) is 5.04. The molecule has 14 rings (SSSR count). The van der Waals surface area contributed by atoms with E-state index >= 15 is 0 Å². The summed E-state index contributed by atoms with van der Waals surface area (Å²) in [6.07, 6.45) is 9.82. The summed E-state index contributed by atoms with van der Waals surface area (Å²) in [5, 5.41) is 2.18. The third-order valence-corrected chi connectivity index (χ3v) is 15.5. The largest absolute Gasteiger partial charge is 0.458 e. The molecule has 376 valence electrons. The van der Waals surface area contributed by atoms with Crippen molar-refractivity contribution in [3.05, 3.63) is 242 Å². The standard InChI is InChI=1S/C70H55BN4O3/c1-69(2,3)49-32-33-72-66(41-49)75-60-31-28-47(48-37-64-67-65(38-48)78-63-27-16-14-25-59(63)71(67)58-24-13-15-26-62(58)77-64)36-57(60)56-30-29-52(43-61(56)75)76-53-40-50(70(4,5)6)39-51(42-53)73-34-35-74(44-73)68-54(45-18-9-7-10-19-45)22-17-23-55(68)46-20-11-8-12-21-46/h7-43H,1-6H3. The number of imidazole rings is 1. The molecule has 0 radical (unpaired) electrons. The van der Waals surface area contributed by atoms with Crippen molar-refractivity contribution in [3.63, 3.8) is 0 Å². The number of rotatable bonds is 8. The number of hydrogen-bond acceptors (Lipinski definition) is 4. The van der Waals surface area contributed by atoms with Crippen molar-refractivity contribution >= 4 is 44.9 Å². The fourth-order valence-corrected chi connectivity index (χ4v) is 11.5. The summed E-state index contributed by atoms with van der Waals surface area (Å²) in [5.41, 5.74) is 16.0. The Kier molecular flexibility index (Phi) is 10.9. The average molecular weight is 1010 g/mol. The van der Waals surface area contributed by atoms with E-state index in [-0.39, 0.29) is 17.5 Å². The number of fused-ring (bicyclic) bond motifs is 7. The number of hydrogen-bond donors (Lipinski definition) is 0. The third-order valence-electron chi connectivity index (χ3n) is 15.5. The molecule has 2 aliphatic heterocycles. The van der Waals surface area contributed by atoms with E-state index in [0.717, 1.165) is 123 Å². The molecular formula is C70H55BN4O3. The number of para-hydroxylation sites is 3.